The molecule has 0 amide bonds. The Morgan fingerprint density at radius 3 is 3.12 bits per heavy atom. The fourth-order valence-electron chi connectivity index (χ4n) is 2.21. The molecule has 17 heavy (non-hydrogen) atoms. The molecule has 2 rings (SSSR count). The number of ether oxygens (including phenoxy) is 1. The Kier molecular flexibility index (Phi) is 4.48. The Morgan fingerprint density at radius 1 is 1.47 bits per heavy atom. The second kappa shape index (κ2) is 6.10. The van der Waals surface area contributed by atoms with E-state index in [1.807, 2.05) is 24.8 Å². The van der Waals surface area contributed by atoms with Crippen LogP contribution < -0.4 is 10.1 Å². The maximum absolute atomic E-state index is 5.37. The van der Waals surface area contributed by atoms with E-state index in [0.717, 1.165) is 5.82 Å². The molecule has 5 heteroatoms. The predicted molar refractivity (Wildman–Crippen MR) is 71.8 cm³/mol. The fourth-order valence-corrected chi connectivity index (χ4v) is 3.14. The summed E-state index contributed by atoms with van der Waals surface area (Å²) in [6.07, 6.45) is 7.54. The van der Waals surface area contributed by atoms with E-state index in [1.54, 1.807) is 6.33 Å². The van der Waals surface area contributed by atoms with E-state index in [2.05, 4.69) is 21.5 Å². The van der Waals surface area contributed by atoms with Crippen LogP contribution in [0.1, 0.15) is 26.2 Å². The van der Waals surface area contributed by atoms with Crippen LogP contribution in [0.2, 0.25) is 0 Å². The number of rotatable bonds is 5. The first-order valence-corrected chi connectivity index (χ1v) is 7.36. The molecule has 4 nitrogen and oxygen atoms in total. The second-order valence-electron chi connectivity index (χ2n) is 4.13. The van der Waals surface area contributed by atoms with Gasteiger partial charge in [-0.05, 0) is 26.0 Å². The standard InChI is InChI=1S/C12H19N3OS/c1-3-16-12-7-11(13-8-14-12)15-9-5-4-6-10(9)17-2/h7-10H,3-6H2,1-2H3,(H,13,14,15). The highest BCUT2D eigenvalue weighted by Gasteiger charge is 2.26. The first-order chi connectivity index (χ1) is 8.33. The molecule has 0 saturated heterocycles. The molecule has 2 atom stereocenters. The molecule has 1 aliphatic rings. The molecular formula is C12H19N3OS. The van der Waals surface area contributed by atoms with Crippen molar-refractivity contribution in [2.75, 3.05) is 18.2 Å². The highest BCUT2D eigenvalue weighted by Crippen LogP contribution is 2.30. The number of anilines is 1. The molecule has 1 heterocycles. The van der Waals surface area contributed by atoms with Crippen molar-refractivity contribution in [3.63, 3.8) is 0 Å². The SMILES string of the molecule is CCOc1cc(NC2CCCC2SC)ncn1. The Morgan fingerprint density at radius 2 is 2.35 bits per heavy atom. The zero-order chi connectivity index (χ0) is 12.1. The van der Waals surface area contributed by atoms with Crippen molar-refractivity contribution in [1.29, 1.82) is 0 Å². The molecule has 94 valence electrons. The number of aromatic nitrogens is 2. The number of thioether (sulfide) groups is 1. The van der Waals surface area contributed by atoms with Gasteiger partial charge in [-0.2, -0.15) is 11.8 Å². The van der Waals surface area contributed by atoms with Gasteiger partial charge in [0, 0.05) is 17.4 Å². The largest absolute Gasteiger partial charge is 0.478 e. The van der Waals surface area contributed by atoms with Crippen molar-refractivity contribution < 1.29 is 4.74 Å². The number of nitrogens with zero attached hydrogens (tertiary/aromatic N) is 2. The minimum atomic E-state index is 0.523. The quantitative estimate of drug-likeness (QED) is 0.874. The lowest BCUT2D eigenvalue weighted by atomic mass is 10.2. The van der Waals surface area contributed by atoms with Gasteiger partial charge < -0.3 is 10.1 Å². The van der Waals surface area contributed by atoms with Gasteiger partial charge in [0.1, 0.15) is 12.1 Å². The van der Waals surface area contributed by atoms with Gasteiger partial charge in [0.15, 0.2) is 0 Å². The Hall–Kier alpha value is -0.970. The van der Waals surface area contributed by atoms with Crippen LogP contribution in [0.4, 0.5) is 5.82 Å². The third-order valence-electron chi connectivity index (χ3n) is 3.02. The monoisotopic (exact) mass is 253 g/mol. The molecular weight excluding hydrogens is 234 g/mol. The Labute approximate surface area is 107 Å². The van der Waals surface area contributed by atoms with Crippen molar-refractivity contribution in [2.45, 2.75) is 37.5 Å². The van der Waals surface area contributed by atoms with Gasteiger partial charge >= 0.3 is 0 Å². The van der Waals surface area contributed by atoms with Crippen molar-refractivity contribution in [3.05, 3.63) is 12.4 Å². The first kappa shape index (κ1) is 12.5. The molecule has 1 N–H and O–H groups in total. The molecule has 2 unspecified atom stereocenters. The van der Waals surface area contributed by atoms with Gasteiger partial charge in [-0.25, -0.2) is 9.97 Å². The summed E-state index contributed by atoms with van der Waals surface area (Å²) in [4.78, 5) is 8.31. The van der Waals surface area contributed by atoms with E-state index in [9.17, 15) is 0 Å². The van der Waals surface area contributed by atoms with Crippen molar-refractivity contribution in [3.8, 4) is 5.88 Å². The van der Waals surface area contributed by atoms with E-state index in [-0.39, 0.29) is 0 Å². The summed E-state index contributed by atoms with van der Waals surface area (Å²) >= 11 is 1.94. The minimum absolute atomic E-state index is 0.523. The van der Waals surface area contributed by atoms with Crippen LogP contribution in [0, 0.1) is 0 Å². The van der Waals surface area contributed by atoms with Crippen LogP contribution in [0.25, 0.3) is 0 Å². The smallest absolute Gasteiger partial charge is 0.218 e. The lowest BCUT2D eigenvalue weighted by molar-refractivity contribution is 0.326. The second-order valence-corrected chi connectivity index (χ2v) is 5.21. The van der Waals surface area contributed by atoms with Gasteiger partial charge in [-0.3, -0.25) is 0 Å². The number of hydrogen-bond acceptors (Lipinski definition) is 5. The summed E-state index contributed by atoms with van der Waals surface area (Å²) in [5, 5.41) is 4.18. The highest BCUT2D eigenvalue weighted by atomic mass is 32.2. The third-order valence-corrected chi connectivity index (χ3v) is 4.19. The normalized spacial score (nSPS) is 23.6. The topological polar surface area (TPSA) is 47.0 Å². The van der Waals surface area contributed by atoms with Crippen molar-refractivity contribution in [1.82, 2.24) is 9.97 Å². The summed E-state index contributed by atoms with van der Waals surface area (Å²) in [7, 11) is 0. The first-order valence-electron chi connectivity index (χ1n) is 6.07. The number of hydrogen-bond donors (Lipinski definition) is 1. The van der Waals surface area contributed by atoms with E-state index < -0.39 is 0 Å². The minimum Gasteiger partial charge on any atom is -0.478 e. The Bertz CT molecular complexity index is 361. The molecule has 1 aromatic rings. The summed E-state index contributed by atoms with van der Waals surface area (Å²) < 4.78 is 5.37. The molecule has 1 saturated carbocycles. The van der Waals surface area contributed by atoms with Crippen molar-refractivity contribution in [2.24, 2.45) is 0 Å². The van der Waals surface area contributed by atoms with Crippen LogP contribution in [0.15, 0.2) is 12.4 Å². The zero-order valence-electron chi connectivity index (χ0n) is 10.3. The predicted octanol–water partition coefficient (Wildman–Crippen LogP) is 2.57. The highest BCUT2D eigenvalue weighted by molar-refractivity contribution is 7.99. The van der Waals surface area contributed by atoms with Crippen LogP contribution in [0.3, 0.4) is 0 Å². The summed E-state index contributed by atoms with van der Waals surface area (Å²) in [6, 6.07) is 2.40. The summed E-state index contributed by atoms with van der Waals surface area (Å²) in [6.45, 7) is 2.59. The van der Waals surface area contributed by atoms with Crippen LogP contribution in [0.5, 0.6) is 5.88 Å². The van der Waals surface area contributed by atoms with Crippen LogP contribution in [-0.2, 0) is 0 Å². The summed E-state index contributed by atoms with van der Waals surface area (Å²) in [5.41, 5.74) is 0. The van der Waals surface area contributed by atoms with E-state index in [0.29, 0.717) is 23.8 Å². The van der Waals surface area contributed by atoms with Gasteiger partial charge in [-0.15, -0.1) is 0 Å². The Balaban J connectivity index is 2.00. The van der Waals surface area contributed by atoms with E-state index >= 15 is 0 Å². The van der Waals surface area contributed by atoms with Gasteiger partial charge in [-0.1, -0.05) is 6.42 Å². The van der Waals surface area contributed by atoms with E-state index in [1.165, 1.54) is 19.3 Å². The zero-order valence-corrected chi connectivity index (χ0v) is 11.2. The lowest BCUT2D eigenvalue weighted by Gasteiger charge is -2.19. The van der Waals surface area contributed by atoms with Crippen LogP contribution >= 0.6 is 11.8 Å². The van der Waals surface area contributed by atoms with Crippen molar-refractivity contribution >= 4 is 17.6 Å². The molecule has 1 aromatic heterocycles. The lowest BCUT2D eigenvalue weighted by Crippen LogP contribution is -2.26. The fraction of sp³-hybridized carbons (Fsp3) is 0.667. The molecule has 0 aliphatic heterocycles. The molecule has 1 aliphatic carbocycles. The van der Waals surface area contributed by atoms with Gasteiger partial charge in [0.05, 0.1) is 6.61 Å². The average molecular weight is 253 g/mol. The molecule has 0 spiro atoms. The molecule has 0 aromatic carbocycles. The summed E-state index contributed by atoms with van der Waals surface area (Å²) in [5.74, 6) is 1.51. The molecule has 1 fully saturated rings. The van der Waals surface area contributed by atoms with Gasteiger partial charge in [0.25, 0.3) is 0 Å². The average Bonchev–Trinajstić information content (AvgIpc) is 2.77. The maximum atomic E-state index is 5.37. The van der Waals surface area contributed by atoms with Crippen LogP contribution in [-0.4, -0.2) is 34.1 Å². The number of nitrogens with one attached hydrogen (secondary N) is 1. The molecule has 0 radical (unpaired) electrons. The van der Waals surface area contributed by atoms with Gasteiger partial charge in [0.2, 0.25) is 5.88 Å². The third kappa shape index (κ3) is 3.25. The maximum Gasteiger partial charge on any atom is 0.218 e. The van der Waals surface area contributed by atoms with E-state index in [4.69, 9.17) is 4.74 Å². The molecule has 0 bridgehead atoms.